The van der Waals surface area contributed by atoms with Gasteiger partial charge in [0.25, 0.3) is 0 Å². The number of imidazole rings is 3. The minimum absolute atomic E-state index is 0. The first-order valence-electron chi connectivity index (χ1n) is 17.8. The molecule has 0 fully saturated rings. The average molecular weight is 926 g/mol. The van der Waals surface area contributed by atoms with Gasteiger partial charge in [0.2, 0.25) is 0 Å². The molecule has 0 aliphatic carbocycles. The summed E-state index contributed by atoms with van der Waals surface area (Å²) >= 11 is 17.3. The fourth-order valence-electron chi connectivity index (χ4n) is 4.25. The molecule has 4 N–H and O–H groups in total. The lowest BCUT2D eigenvalue weighted by Gasteiger charge is -1.90. The Morgan fingerprint density at radius 2 is 1.02 bits per heavy atom. The summed E-state index contributed by atoms with van der Waals surface area (Å²) in [5.74, 6) is 0. The van der Waals surface area contributed by atoms with Gasteiger partial charge in [0.15, 0.2) is 42.7 Å². The molecule has 9 aromatic rings. The number of hydrogen-bond donors (Lipinski definition) is 4. The molecule has 0 atom stereocenters. The van der Waals surface area contributed by atoms with Crippen molar-refractivity contribution in [2.45, 2.75) is 67.8 Å². The number of nitrogens with one attached hydrogen (secondary N) is 4. The Hall–Kier alpha value is -4.75. The summed E-state index contributed by atoms with van der Waals surface area (Å²) in [5.41, 5.74) is 6.05. The Bertz CT molecular complexity index is 2420. The largest absolute Gasteiger partial charge is 0.333 e. The van der Waals surface area contributed by atoms with E-state index in [0.717, 1.165) is 75.7 Å². The molecule has 18 heteroatoms. The van der Waals surface area contributed by atoms with Crippen LogP contribution in [-0.4, -0.2) is 58.7 Å². The highest BCUT2D eigenvalue weighted by atomic mass is 35.5. The van der Waals surface area contributed by atoms with Crippen molar-refractivity contribution in [3.8, 4) is 0 Å². The third-order valence-corrected chi connectivity index (χ3v) is 11.6. The van der Waals surface area contributed by atoms with E-state index >= 15 is 0 Å². The Labute approximate surface area is 373 Å². The molecule has 11 nitrogen and oxygen atoms in total. The number of halogens is 1. The lowest BCUT2D eigenvalue weighted by molar-refractivity contribution is 0.111. The zero-order valence-corrected chi connectivity index (χ0v) is 38.0. The van der Waals surface area contributed by atoms with Crippen LogP contribution >= 0.6 is 81.4 Å². The van der Waals surface area contributed by atoms with E-state index in [9.17, 15) is 14.4 Å². The van der Waals surface area contributed by atoms with E-state index < -0.39 is 0 Å². The number of para-hydroxylation sites is 6. The summed E-state index contributed by atoms with van der Waals surface area (Å²) in [7, 11) is 0. The van der Waals surface area contributed by atoms with Gasteiger partial charge in [0, 0.05) is 6.20 Å². The number of rotatable bonds is 7. The molecule has 59 heavy (non-hydrogen) atoms. The van der Waals surface area contributed by atoms with Crippen LogP contribution in [0.25, 0.3) is 33.1 Å². The fourth-order valence-corrected chi connectivity index (χ4v) is 8.85. The number of aldehydes is 3. The first-order valence-corrected chi connectivity index (χ1v) is 22.7. The Kier molecular flexibility index (Phi) is 23.8. The van der Waals surface area contributed by atoms with Crippen LogP contribution in [0, 0.1) is 4.77 Å². The lowest BCUT2D eigenvalue weighted by Crippen LogP contribution is -1.72. The number of hydrogen-bond acceptors (Lipinski definition) is 13. The van der Waals surface area contributed by atoms with E-state index in [1.54, 1.807) is 18.0 Å². The van der Waals surface area contributed by atoms with Crippen molar-refractivity contribution in [1.29, 1.82) is 0 Å². The third kappa shape index (κ3) is 16.1. The molecule has 0 aliphatic rings. The van der Waals surface area contributed by atoms with Crippen LogP contribution in [0.5, 0.6) is 0 Å². The summed E-state index contributed by atoms with van der Waals surface area (Å²) < 4.78 is 2.96. The monoisotopic (exact) mass is 924 g/mol. The first kappa shape index (κ1) is 50.4. The van der Waals surface area contributed by atoms with Crippen molar-refractivity contribution >= 4 is 133 Å². The number of aromatic nitrogens is 8. The van der Waals surface area contributed by atoms with Gasteiger partial charge in [-0.15, -0.1) is 22.7 Å². The topological polar surface area (TPSA) is 166 Å². The zero-order valence-electron chi connectivity index (χ0n) is 32.3. The van der Waals surface area contributed by atoms with Gasteiger partial charge in [0.1, 0.15) is 0 Å². The maximum absolute atomic E-state index is 10.6. The second kappa shape index (κ2) is 27.8. The predicted molar refractivity (Wildman–Crippen MR) is 254 cm³/mol. The van der Waals surface area contributed by atoms with Crippen LogP contribution in [0.3, 0.4) is 0 Å². The molecule has 3 aromatic carbocycles. The van der Waals surface area contributed by atoms with Crippen molar-refractivity contribution in [2.75, 3.05) is 0 Å². The number of aromatic amines is 4. The second-order valence-electron chi connectivity index (χ2n) is 10.0. The molecule has 6 heterocycles. The normalized spacial score (nSPS) is 9.54. The molecule has 0 unspecified atom stereocenters. The molecule has 0 bridgehead atoms. The fraction of sp³-hybridized carbons (Fsp3) is 0.171. The second-order valence-corrected chi connectivity index (χ2v) is 16.8. The van der Waals surface area contributed by atoms with Crippen molar-refractivity contribution in [3.63, 3.8) is 0 Å². The number of fused-ring (bicyclic) bond motifs is 3. The summed E-state index contributed by atoms with van der Waals surface area (Å²) in [4.78, 5) is 62.2. The summed E-state index contributed by atoms with van der Waals surface area (Å²) in [6, 6.07) is 27.4. The molecule has 310 valence electrons. The van der Waals surface area contributed by atoms with E-state index in [2.05, 4.69) is 39.9 Å². The number of H-pyrrole nitrogens is 4. The highest BCUT2D eigenvalue weighted by molar-refractivity contribution is 8.01. The number of nitrogens with zero attached hydrogens (tertiary/aromatic N) is 4. The summed E-state index contributed by atoms with van der Waals surface area (Å²) in [6.45, 7) is 12.0. The van der Waals surface area contributed by atoms with Gasteiger partial charge in [-0.2, -0.15) is 0 Å². The van der Waals surface area contributed by atoms with E-state index in [4.69, 9.17) is 23.8 Å². The lowest BCUT2D eigenvalue weighted by atomic mass is 10.3. The van der Waals surface area contributed by atoms with Gasteiger partial charge >= 0.3 is 0 Å². The molecule has 9 rings (SSSR count). The van der Waals surface area contributed by atoms with Crippen LogP contribution in [0.4, 0.5) is 0 Å². The Morgan fingerprint density at radius 1 is 0.559 bits per heavy atom. The average Bonchev–Trinajstić information content (AvgIpc) is 4.14. The first-order chi connectivity index (χ1) is 28.4. The summed E-state index contributed by atoms with van der Waals surface area (Å²) in [6.07, 6.45) is 5.42. The molecule has 0 spiro atoms. The van der Waals surface area contributed by atoms with Gasteiger partial charge in [-0.1, -0.05) is 108 Å². The Balaban J connectivity index is 0.000000268. The standard InChI is InChI=1S/C12H8N2OS2.C11H7N3OS2.C7H6N2S.C4H2ClNOS.3C2H6.CH4/c15-7-8-5-6-11(16-8)17-12-13-9-3-1-2-4-10(9)14-12;15-6-7-5-12-11(16-7)17-10-13-8-3-1-2-4-9(8)14-10;10-7-8-5-3-1-2-4-6(5)9-7;5-4-6-1-3(2-7)8-4;3*1-2;/h1-7H,(H,13,14);1-6H,(H,13,14);1-4H,(H2,8,9,10);1-2H;3*1-2H3;1H4. The maximum Gasteiger partial charge on any atom is 0.184 e. The van der Waals surface area contributed by atoms with Crippen molar-refractivity contribution in [3.05, 3.63) is 121 Å². The van der Waals surface area contributed by atoms with Crippen LogP contribution in [0.1, 0.15) is 78.0 Å². The third-order valence-electron chi connectivity index (χ3n) is 6.49. The molecule has 6 aromatic heterocycles. The van der Waals surface area contributed by atoms with E-state index in [-0.39, 0.29) is 7.43 Å². The van der Waals surface area contributed by atoms with Crippen LogP contribution in [0.15, 0.2) is 116 Å². The maximum atomic E-state index is 10.6. The molecule has 0 aliphatic heterocycles. The van der Waals surface area contributed by atoms with Crippen LogP contribution < -0.4 is 0 Å². The van der Waals surface area contributed by atoms with Gasteiger partial charge in [-0.25, -0.2) is 19.9 Å². The van der Waals surface area contributed by atoms with E-state index in [1.165, 1.54) is 52.0 Å². The van der Waals surface area contributed by atoms with Crippen molar-refractivity contribution in [2.24, 2.45) is 0 Å². The van der Waals surface area contributed by atoms with Gasteiger partial charge in [-0.05, 0) is 84.3 Å². The van der Waals surface area contributed by atoms with Crippen molar-refractivity contribution in [1.82, 2.24) is 39.9 Å². The zero-order chi connectivity index (χ0) is 42.3. The number of thiazole rings is 2. The minimum atomic E-state index is 0. The van der Waals surface area contributed by atoms with Crippen LogP contribution in [-0.2, 0) is 0 Å². The predicted octanol–water partition coefficient (Wildman–Crippen LogP) is 14.1. The molecule has 0 saturated heterocycles. The van der Waals surface area contributed by atoms with E-state index in [0.29, 0.717) is 19.0 Å². The molecular formula is C41H45ClN8O3S6. The number of benzene rings is 3. The number of carbonyl (C=O) groups excluding carboxylic acids is 3. The molecular weight excluding hydrogens is 880 g/mol. The minimum Gasteiger partial charge on any atom is -0.333 e. The molecule has 0 amide bonds. The SMILES string of the molecule is C.CC.CC.CC.O=Cc1ccc(Sc2nc3ccccc3[nH]2)s1.O=Cc1cnc(Cl)s1.O=Cc1cnc(Sc2nc3ccccc3[nH]2)s1.S=c1[nH]c2ccccc2[nH]1. The van der Waals surface area contributed by atoms with Crippen LogP contribution in [0.2, 0.25) is 4.47 Å². The smallest absolute Gasteiger partial charge is 0.184 e. The quantitative estimate of drug-likeness (QED) is 0.0892. The highest BCUT2D eigenvalue weighted by Gasteiger charge is 2.08. The highest BCUT2D eigenvalue weighted by Crippen LogP contribution is 2.32. The van der Waals surface area contributed by atoms with Gasteiger partial charge < -0.3 is 19.9 Å². The molecule has 0 radical (unpaired) electrons. The molecule has 0 saturated carbocycles. The Morgan fingerprint density at radius 3 is 1.44 bits per heavy atom. The number of carbonyl (C=O) groups is 3. The van der Waals surface area contributed by atoms with Crippen molar-refractivity contribution < 1.29 is 14.4 Å². The van der Waals surface area contributed by atoms with E-state index in [1.807, 2.05) is 126 Å². The number of thiophene rings is 1. The van der Waals surface area contributed by atoms with Gasteiger partial charge in [-0.3, -0.25) is 14.4 Å². The van der Waals surface area contributed by atoms with Gasteiger partial charge in [0.05, 0.1) is 58.1 Å². The summed E-state index contributed by atoms with van der Waals surface area (Å²) in [5, 5.41) is 1.64.